The van der Waals surface area contributed by atoms with Crippen molar-refractivity contribution in [3.05, 3.63) is 17.5 Å². The molecular weight excluding hydrogens is 261 g/mol. The van der Waals surface area contributed by atoms with E-state index < -0.39 is 12.2 Å². The molecule has 1 saturated heterocycles. The predicted octanol–water partition coefficient (Wildman–Crippen LogP) is 1.60. The lowest BCUT2D eigenvalue weighted by Crippen LogP contribution is -2.47. The number of hydrogen-bond acceptors (Lipinski definition) is 4. The van der Waals surface area contributed by atoms with Gasteiger partial charge in [-0.25, -0.2) is 19.2 Å². The van der Waals surface area contributed by atoms with Gasteiger partial charge >= 0.3 is 6.03 Å². The van der Waals surface area contributed by atoms with Gasteiger partial charge in [0.1, 0.15) is 6.17 Å². The van der Waals surface area contributed by atoms with Crippen LogP contribution in [0, 0.1) is 0 Å². The Hall–Kier alpha value is -1.63. The van der Waals surface area contributed by atoms with Crippen LogP contribution in [0.5, 0.6) is 0 Å². The minimum Gasteiger partial charge on any atom is -0.320 e. The number of piperidine rings is 1. The number of hydrogen-bond donors (Lipinski definition) is 2. The summed E-state index contributed by atoms with van der Waals surface area (Å²) in [6.45, 7) is 0.657. The van der Waals surface area contributed by atoms with Crippen LogP contribution in [0.15, 0.2) is 12.4 Å². The molecule has 2 amide bonds. The number of hydrazine groups is 1. The number of nitrogens with one attached hydrogen (secondary N) is 2. The van der Waals surface area contributed by atoms with Gasteiger partial charge < -0.3 is 4.90 Å². The molecule has 0 saturated carbocycles. The van der Waals surface area contributed by atoms with Gasteiger partial charge in [0.25, 0.3) is 0 Å². The molecule has 1 unspecified atom stereocenters. The van der Waals surface area contributed by atoms with Crippen molar-refractivity contribution < 1.29 is 9.18 Å². The lowest BCUT2D eigenvalue weighted by molar-refractivity contribution is 0.145. The first-order valence-electron chi connectivity index (χ1n) is 5.58. The number of rotatable bonds is 2. The molecule has 0 radical (unpaired) electrons. The van der Waals surface area contributed by atoms with Crippen molar-refractivity contribution in [3.8, 4) is 0 Å². The average molecular weight is 274 g/mol. The molecule has 1 aromatic rings. The second kappa shape index (κ2) is 5.81. The highest BCUT2D eigenvalue weighted by Crippen LogP contribution is 2.14. The summed E-state index contributed by atoms with van der Waals surface area (Å²) in [5, 5.41) is 0.153. The van der Waals surface area contributed by atoms with Crippen LogP contribution in [-0.4, -0.2) is 40.2 Å². The van der Waals surface area contributed by atoms with Gasteiger partial charge in [0.2, 0.25) is 0 Å². The van der Waals surface area contributed by atoms with Gasteiger partial charge in [0, 0.05) is 18.9 Å². The van der Waals surface area contributed by atoms with Gasteiger partial charge in [-0.1, -0.05) is 11.6 Å². The van der Waals surface area contributed by atoms with E-state index in [0.29, 0.717) is 19.4 Å². The maximum Gasteiger partial charge on any atom is 0.336 e. The van der Waals surface area contributed by atoms with Crippen LogP contribution in [0.1, 0.15) is 12.8 Å². The fourth-order valence-electron chi connectivity index (χ4n) is 1.71. The molecule has 2 heterocycles. The molecule has 6 nitrogen and oxygen atoms in total. The van der Waals surface area contributed by atoms with Crippen molar-refractivity contribution >= 4 is 23.4 Å². The summed E-state index contributed by atoms with van der Waals surface area (Å²) in [7, 11) is 0. The number of alkyl halides is 1. The number of halogens is 2. The third-order valence-electron chi connectivity index (χ3n) is 2.59. The van der Waals surface area contributed by atoms with Crippen LogP contribution in [0.25, 0.3) is 0 Å². The van der Waals surface area contributed by atoms with Gasteiger partial charge in [-0.05, 0) is 12.8 Å². The number of urea groups is 1. The number of carbonyl (C=O) groups is 1. The van der Waals surface area contributed by atoms with Gasteiger partial charge in [-0.3, -0.25) is 10.9 Å². The van der Waals surface area contributed by atoms with Gasteiger partial charge in [0.15, 0.2) is 11.0 Å². The molecule has 2 rings (SSSR count). The lowest BCUT2D eigenvalue weighted by atomic mass is 10.1. The minimum absolute atomic E-state index is 0.113. The summed E-state index contributed by atoms with van der Waals surface area (Å²) in [4.78, 5) is 20.8. The quantitative estimate of drug-likeness (QED) is 0.803. The topological polar surface area (TPSA) is 70.1 Å². The Balaban J connectivity index is 1.86. The molecule has 0 aromatic carbocycles. The first kappa shape index (κ1) is 12.8. The first-order valence-corrected chi connectivity index (χ1v) is 5.96. The Morgan fingerprint density at radius 2 is 2.28 bits per heavy atom. The molecule has 1 aliphatic heterocycles. The Labute approximate surface area is 109 Å². The molecule has 0 bridgehead atoms. The van der Waals surface area contributed by atoms with E-state index >= 15 is 0 Å². The third kappa shape index (κ3) is 3.19. The zero-order valence-corrected chi connectivity index (χ0v) is 10.3. The Morgan fingerprint density at radius 1 is 1.50 bits per heavy atom. The van der Waals surface area contributed by atoms with Crippen LogP contribution in [0.3, 0.4) is 0 Å². The van der Waals surface area contributed by atoms with E-state index in [2.05, 4.69) is 20.8 Å². The summed E-state index contributed by atoms with van der Waals surface area (Å²) in [5.41, 5.74) is 4.97. The zero-order chi connectivity index (χ0) is 13.0. The number of anilines is 1. The third-order valence-corrected chi connectivity index (χ3v) is 2.87. The molecule has 1 aliphatic rings. The van der Waals surface area contributed by atoms with Crippen LogP contribution >= 0.6 is 11.6 Å². The van der Waals surface area contributed by atoms with Crippen molar-refractivity contribution in [2.75, 3.05) is 18.5 Å². The number of carbonyl (C=O) groups excluding carboxylic acids is 1. The molecular formula is C10H13ClFN5O. The molecule has 0 spiro atoms. The minimum atomic E-state index is -0.954. The van der Waals surface area contributed by atoms with Crippen LogP contribution in [0.4, 0.5) is 15.0 Å². The largest absolute Gasteiger partial charge is 0.336 e. The van der Waals surface area contributed by atoms with E-state index in [1.807, 2.05) is 0 Å². The Kier molecular flexibility index (Phi) is 4.14. The van der Waals surface area contributed by atoms with E-state index in [1.165, 1.54) is 17.3 Å². The van der Waals surface area contributed by atoms with E-state index in [9.17, 15) is 9.18 Å². The summed E-state index contributed by atoms with van der Waals surface area (Å²) >= 11 is 5.76. The maximum absolute atomic E-state index is 13.1. The highest BCUT2D eigenvalue weighted by molar-refractivity contribution is 6.31. The summed E-state index contributed by atoms with van der Waals surface area (Å²) in [6, 6.07) is -0.404. The van der Waals surface area contributed by atoms with Crippen molar-refractivity contribution in [1.82, 2.24) is 20.3 Å². The smallest absolute Gasteiger partial charge is 0.320 e. The zero-order valence-electron chi connectivity index (χ0n) is 9.57. The SMILES string of the molecule is O=C(NNc1nccnc1Cl)N1CCCC(F)C1. The Morgan fingerprint density at radius 3 is 3.00 bits per heavy atom. The van der Waals surface area contributed by atoms with E-state index in [4.69, 9.17) is 11.6 Å². The summed E-state index contributed by atoms with van der Waals surface area (Å²) in [5.74, 6) is 0.251. The number of likely N-dealkylation sites (tertiary alicyclic amines) is 1. The van der Waals surface area contributed by atoms with Crippen LogP contribution in [0.2, 0.25) is 5.15 Å². The highest BCUT2D eigenvalue weighted by atomic mass is 35.5. The van der Waals surface area contributed by atoms with Crippen molar-refractivity contribution in [3.63, 3.8) is 0 Å². The molecule has 98 valence electrons. The summed E-state index contributed by atoms with van der Waals surface area (Å²) < 4.78 is 13.1. The first-order chi connectivity index (χ1) is 8.66. The van der Waals surface area contributed by atoms with Crippen molar-refractivity contribution in [1.29, 1.82) is 0 Å². The number of aromatic nitrogens is 2. The highest BCUT2D eigenvalue weighted by Gasteiger charge is 2.23. The number of amides is 2. The standard InChI is InChI=1S/C10H13ClFN5O/c11-8-9(14-4-3-13-8)15-16-10(18)17-5-1-2-7(12)6-17/h3-4,7H,1-2,5-6H2,(H,14,15)(H,16,18). The van der Waals surface area contributed by atoms with Crippen molar-refractivity contribution in [2.45, 2.75) is 19.0 Å². The average Bonchev–Trinajstić information content (AvgIpc) is 2.37. The van der Waals surface area contributed by atoms with Crippen molar-refractivity contribution in [2.24, 2.45) is 0 Å². The predicted molar refractivity (Wildman–Crippen MR) is 64.9 cm³/mol. The normalized spacial score (nSPS) is 19.4. The second-order valence-corrected chi connectivity index (χ2v) is 4.29. The molecule has 1 atom stereocenters. The molecule has 8 heteroatoms. The van der Waals surface area contributed by atoms with E-state index in [1.54, 1.807) is 0 Å². The molecule has 1 aromatic heterocycles. The van der Waals surface area contributed by atoms with Crippen LogP contribution in [-0.2, 0) is 0 Å². The number of nitrogens with zero attached hydrogens (tertiary/aromatic N) is 3. The molecule has 1 fully saturated rings. The molecule has 18 heavy (non-hydrogen) atoms. The van der Waals surface area contributed by atoms with Gasteiger partial charge in [0.05, 0.1) is 6.54 Å². The fourth-order valence-corrected chi connectivity index (χ4v) is 1.86. The van der Waals surface area contributed by atoms with Gasteiger partial charge in [-0.2, -0.15) is 0 Å². The lowest BCUT2D eigenvalue weighted by Gasteiger charge is -2.29. The molecule has 2 N–H and O–H groups in total. The second-order valence-electron chi connectivity index (χ2n) is 3.94. The van der Waals surface area contributed by atoms with Crippen LogP contribution < -0.4 is 10.9 Å². The van der Waals surface area contributed by atoms with E-state index in [0.717, 1.165) is 0 Å². The molecule has 0 aliphatic carbocycles. The van der Waals surface area contributed by atoms with E-state index in [-0.39, 0.29) is 17.5 Å². The summed E-state index contributed by atoms with van der Waals surface area (Å²) in [6.07, 6.45) is 3.10. The Bertz CT molecular complexity index is 432. The monoisotopic (exact) mass is 273 g/mol. The maximum atomic E-state index is 13.1. The van der Waals surface area contributed by atoms with Gasteiger partial charge in [-0.15, -0.1) is 0 Å². The fraction of sp³-hybridized carbons (Fsp3) is 0.500.